The number of thiophene rings is 1. The number of thioether (sulfide) groups is 1. The summed E-state index contributed by atoms with van der Waals surface area (Å²) in [5.41, 5.74) is 2.35. The summed E-state index contributed by atoms with van der Waals surface area (Å²) in [6.45, 7) is 12.1. The lowest BCUT2D eigenvalue weighted by molar-refractivity contribution is -0.113. The van der Waals surface area contributed by atoms with Crippen LogP contribution in [0.1, 0.15) is 52.1 Å². The molecule has 0 aliphatic carbocycles. The third-order valence-corrected chi connectivity index (χ3v) is 7.39. The molecule has 0 aliphatic rings. The number of esters is 1. The van der Waals surface area contributed by atoms with Gasteiger partial charge in [0.15, 0.2) is 17.1 Å². The van der Waals surface area contributed by atoms with Crippen LogP contribution in [-0.2, 0) is 22.5 Å². The van der Waals surface area contributed by atoms with Gasteiger partial charge in [0.2, 0.25) is 5.91 Å². The van der Waals surface area contributed by atoms with E-state index in [1.165, 1.54) is 30.2 Å². The van der Waals surface area contributed by atoms with Gasteiger partial charge in [-0.05, 0) is 44.4 Å². The molecule has 1 atom stereocenters. The standard InChI is InChI=1S/C25H30N4O4S2/c1-7-13-29-22(16(4)33-19-12-10-9-11-15(19)3)27-28-25(29)34-14-20(30)26-23-21(24(31)32-6)18(8-2)17(5)35-23/h7,9-12,16H,1,8,13-14H2,2-6H3,(H,26,30). The van der Waals surface area contributed by atoms with Crippen molar-refractivity contribution in [2.24, 2.45) is 0 Å². The number of amides is 1. The molecule has 3 aromatic rings. The minimum Gasteiger partial charge on any atom is -0.482 e. The second-order valence-electron chi connectivity index (χ2n) is 7.79. The number of rotatable bonds is 11. The molecule has 0 spiro atoms. The van der Waals surface area contributed by atoms with Crippen LogP contribution in [0.2, 0.25) is 0 Å². The van der Waals surface area contributed by atoms with E-state index < -0.39 is 5.97 Å². The average molecular weight is 515 g/mol. The highest BCUT2D eigenvalue weighted by atomic mass is 32.2. The van der Waals surface area contributed by atoms with E-state index in [2.05, 4.69) is 22.1 Å². The van der Waals surface area contributed by atoms with Gasteiger partial charge in [-0.15, -0.1) is 28.1 Å². The number of hydrogen-bond acceptors (Lipinski definition) is 8. The first-order chi connectivity index (χ1) is 16.8. The molecular formula is C25H30N4O4S2. The molecular weight excluding hydrogens is 484 g/mol. The number of benzene rings is 1. The molecule has 3 rings (SSSR count). The molecule has 186 valence electrons. The van der Waals surface area contributed by atoms with Crippen molar-refractivity contribution >= 4 is 40.0 Å². The first kappa shape index (κ1) is 26.5. The zero-order chi connectivity index (χ0) is 25.5. The predicted molar refractivity (Wildman–Crippen MR) is 140 cm³/mol. The second-order valence-corrected chi connectivity index (χ2v) is 9.96. The largest absolute Gasteiger partial charge is 0.482 e. The third-order valence-electron chi connectivity index (χ3n) is 5.36. The summed E-state index contributed by atoms with van der Waals surface area (Å²) in [5, 5.41) is 12.6. The fraction of sp³-hybridized carbons (Fsp3) is 0.360. The molecule has 1 unspecified atom stereocenters. The van der Waals surface area contributed by atoms with Crippen LogP contribution in [0.15, 0.2) is 42.1 Å². The van der Waals surface area contributed by atoms with Gasteiger partial charge >= 0.3 is 5.97 Å². The van der Waals surface area contributed by atoms with E-state index in [9.17, 15) is 9.59 Å². The number of nitrogens with zero attached hydrogens (tertiary/aromatic N) is 3. The Labute approximate surface area is 213 Å². The van der Waals surface area contributed by atoms with E-state index in [1.807, 2.05) is 56.5 Å². The van der Waals surface area contributed by atoms with Crippen molar-refractivity contribution in [2.75, 3.05) is 18.2 Å². The maximum atomic E-state index is 12.8. The maximum Gasteiger partial charge on any atom is 0.341 e. The number of hydrogen-bond donors (Lipinski definition) is 1. The van der Waals surface area contributed by atoms with Gasteiger partial charge in [0.05, 0.1) is 18.4 Å². The maximum absolute atomic E-state index is 12.8. The van der Waals surface area contributed by atoms with Crippen LogP contribution < -0.4 is 10.1 Å². The van der Waals surface area contributed by atoms with Crippen molar-refractivity contribution in [1.29, 1.82) is 0 Å². The Morgan fingerprint density at radius 3 is 2.69 bits per heavy atom. The van der Waals surface area contributed by atoms with Crippen LogP contribution in [0.5, 0.6) is 5.75 Å². The number of nitrogens with one attached hydrogen (secondary N) is 1. The number of methoxy groups -OCH3 is 1. The Morgan fingerprint density at radius 2 is 2.03 bits per heavy atom. The van der Waals surface area contributed by atoms with Crippen LogP contribution in [0.25, 0.3) is 0 Å². The fourth-order valence-electron chi connectivity index (χ4n) is 3.64. The molecule has 0 fully saturated rings. The molecule has 0 saturated carbocycles. The summed E-state index contributed by atoms with van der Waals surface area (Å²) in [4.78, 5) is 26.1. The van der Waals surface area contributed by atoms with Gasteiger partial charge in [0, 0.05) is 11.4 Å². The summed E-state index contributed by atoms with van der Waals surface area (Å²) >= 11 is 2.64. The second kappa shape index (κ2) is 12.0. The molecule has 1 aromatic carbocycles. The molecule has 2 heterocycles. The average Bonchev–Trinajstić information content (AvgIpc) is 3.38. The molecule has 1 amide bonds. The first-order valence-electron chi connectivity index (χ1n) is 11.2. The normalized spacial score (nSPS) is 11.7. The number of aromatic nitrogens is 3. The number of anilines is 1. The zero-order valence-corrected chi connectivity index (χ0v) is 22.2. The topological polar surface area (TPSA) is 95.3 Å². The van der Waals surface area contributed by atoms with Crippen molar-refractivity contribution in [3.63, 3.8) is 0 Å². The van der Waals surface area contributed by atoms with Crippen LogP contribution in [0, 0.1) is 13.8 Å². The summed E-state index contributed by atoms with van der Waals surface area (Å²) in [6, 6.07) is 7.79. The van der Waals surface area contributed by atoms with E-state index in [4.69, 9.17) is 9.47 Å². The highest BCUT2D eigenvalue weighted by Crippen LogP contribution is 2.34. The Balaban J connectivity index is 1.73. The molecule has 0 saturated heterocycles. The number of allylic oxidation sites excluding steroid dienone is 1. The van der Waals surface area contributed by atoms with Crippen molar-refractivity contribution in [3.8, 4) is 5.75 Å². The Hall–Kier alpha value is -3.11. The molecule has 0 bridgehead atoms. The fourth-order valence-corrected chi connectivity index (χ4v) is 5.55. The third kappa shape index (κ3) is 6.12. The lowest BCUT2D eigenvalue weighted by Crippen LogP contribution is -2.17. The predicted octanol–water partition coefficient (Wildman–Crippen LogP) is 5.36. The Bertz CT molecular complexity index is 1220. The van der Waals surface area contributed by atoms with Crippen molar-refractivity contribution < 1.29 is 19.1 Å². The van der Waals surface area contributed by atoms with E-state index in [1.54, 1.807) is 6.08 Å². The van der Waals surface area contributed by atoms with Gasteiger partial charge in [0.25, 0.3) is 0 Å². The van der Waals surface area contributed by atoms with Crippen LogP contribution >= 0.6 is 23.1 Å². The number of aryl methyl sites for hydroxylation is 2. The number of para-hydroxylation sites is 1. The summed E-state index contributed by atoms with van der Waals surface area (Å²) in [6.07, 6.45) is 2.07. The molecule has 1 N–H and O–H groups in total. The number of carbonyl (C=O) groups is 2. The van der Waals surface area contributed by atoms with Gasteiger partial charge in [-0.3, -0.25) is 9.36 Å². The van der Waals surface area contributed by atoms with Crippen LogP contribution in [0.4, 0.5) is 5.00 Å². The van der Waals surface area contributed by atoms with E-state index in [0.29, 0.717) is 34.5 Å². The lowest BCUT2D eigenvalue weighted by Gasteiger charge is -2.17. The van der Waals surface area contributed by atoms with Gasteiger partial charge in [0.1, 0.15) is 10.8 Å². The number of carbonyl (C=O) groups excluding carboxylic acids is 2. The van der Waals surface area contributed by atoms with Crippen LogP contribution in [0.3, 0.4) is 0 Å². The highest BCUT2D eigenvalue weighted by molar-refractivity contribution is 7.99. The minimum absolute atomic E-state index is 0.0985. The van der Waals surface area contributed by atoms with Crippen molar-refractivity contribution in [1.82, 2.24) is 14.8 Å². The van der Waals surface area contributed by atoms with Gasteiger partial charge in [-0.2, -0.15) is 0 Å². The van der Waals surface area contributed by atoms with Crippen LogP contribution in [-0.4, -0.2) is 39.5 Å². The molecule has 0 aliphatic heterocycles. The number of ether oxygens (including phenoxy) is 2. The minimum atomic E-state index is -0.452. The smallest absolute Gasteiger partial charge is 0.341 e. The SMILES string of the molecule is C=CCn1c(SCC(=O)Nc2sc(C)c(CC)c2C(=O)OC)nnc1C(C)Oc1ccccc1C. The van der Waals surface area contributed by atoms with Gasteiger partial charge < -0.3 is 14.8 Å². The molecule has 8 nitrogen and oxygen atoms in total. The van der Waals surface area contributed by atoms with Crippen molar-refractivity contribution in [2.45, 2.75) is 51.9 Å². The Morgan fingerprint density at radius 1 is 1.29 bits per heavy atom. The van der Waals surface area contributed by atoms with Gasteiger partial charge in [-0.25, -0.2) is 4.79 Å². The van der Waals surface area contributed by atoms with E-state index >= 15 is 0 Å². The lowest BCUT2D eigenvalue weighted by atomic mass is 10.1. The molecule has 0 radical (unpaired) electrons. The van der Waals surface area contributed by atoms with E-state index in [-0.39, 0.29) is 17.8 Å². The van der Waals surface area contributed by atoms with E-state index in [0.717, 1.165) is 21.8 Å². The summed E-state index contributed by atoms with van der Waals surface area (Å²) in [5.74, 6) is 0.822. The van der Waals surface area contributed by atoms with Gasteiger partial charge in [-0.1, -0.05) is 43.0 Å². The Kier molecular flexibility index (Phi) is 9.11. The monoisotopic (exact) mass is 514 g/mol. The van der Waals surface area contributed by atoms with Crippen molar-refractivity contribution in [3.05, 3.63) is 64.3 Å². The molecule has 10 heteroatoms. The summed E-state index contributed by atoms with van der Waals surface area (Å²) in [7, 11) is 1.34. The quantitative estimate of drug-likeness (QED) is 0.209. The summed E-state index contributed by atoms with van der Waals surface area (Å²) < 4.78 is 12.9. The molecule has 35 heavy (non-hydrogen) atoms. The zero-order valence-electron chi connectivity index (χ0n) is 20.6. The molecule has 2 aromatic heterocycles. The highest BCUT2D eigenvalue weighted by Gasteiger charge is 2.24. The first-order valence-corrected chi connectivity index (χ1v) is 13.0.